The number of rotatable bonds is 6. The Balaban J connectivity index is 2.40. The van der Waals surface area contributed by atoms with Crippen molar-refractivity contribution in [1.82, 2.24) is 5.32 Å². The van der Waals surface area contributed by atoms with Gasteiger partial charge < -0.3 is 14.8 Å². The van der Waals surface area contributed by atoms with Gasteiger partial charge in [0.2, 0.25) is 0 Å². The van der Waals surface area contributed by atoms with Crippen LogP contribution in [0.1, 0.15) is 53.4 Å². The molecule has 0 saturated carbocycles. The minimum absolute atomic E-state index is 0.0339. The Morgan fingerprint density at radius 1 is 1.21 bits per heavy atom. The maximum Gasteiger partial charge on any atom is 0.312 e. The lowest BCUT2D eigenvalue weighted by atomic mass is 9.75. The van der Waals surface area contributed by atoms with Crippen LogP contribution in [0, 0.1) is 5.41 Å². The number of piperidine rings is 1. The van der Waals surface area contributed by atoms with Gasteiger partial charge in [-0.05, 0) is 53.1 Å². The SMILES string of the molecule is CCCC1(C(=O)OCCOC(C)(C)C)CCNCC1. The van der Waals surface area contributed by atoms with E-state index in [1.165, 1.54) is 0 Å². The van der Waals surface area contributed by atoms with E-state index >= 15 is 0 Å². The zero-order chi connectivity index (χ0) is 14.4. The topological polar surface area (TPSA) is 47.6 Å². The maximum atomic E-state index is 12.3. The third-order valence-electron chi connectivity index (χ3n) is 3.57. The molecule has 0 radical (unpaired) electrons. The number of hydrogen-bond donors (Lipinski definition) is 1. The molecule has 19 heavy (non-hydrogen) atoms. The lowest BCUT2D eigenvalue weighted by molar-refractivity contribution is -0.161. The van der Waals surface area contributed by atoms with Gasteiger partial charge >= 0.3 is 5.97 Å². The second kappa shape index (κ2) is 7.25. The summed E-state index contributed by atoms with van der Waals surface area (Å²) in [5.41, 5.74) is -0.440. The van der Waals surface area contributed by atoms with Crippen molar-refractivity contribution in [3.05, 3.63) is 0 Å². The van der Waals surface area contributed by atoms with Crippen LogP contribution < -0.4 is 5.32 Å². The molecule has 4 heteroatoms. The summed E-state index contributed by atoms with van der Waals surface area (Å²) in [6.45, 7) is 10.8. The van der Waals surface area contributed by atoms with Gasteiger partial charge in [0.1, 0.15) is 6.61 Å². The summed E-state index contributed by atoms with van der Waals surface area (Å²) < 4.78 is 11.0. The first kappa shape index (κ1) is 16.4. The average Bonchev–Trinajstić information content (AvgIpc) is 2.34. The highest BCUT2D eigenvalue weighted by Crippen LogP contribution is 2.35. The molecule has 1 aliphatic rings. The van der Waals surface area contributed by atoms with E-state index < -0.39 is 0 Å². The van der Waals surface area contributed by atoms with E-state index in [2.05, 4.69) is 12.2 Å². The second-order valence-electron chi connectivity index (χ2n) is 6.38. The largest absolute Gasteiger partial charge is 0.463 e. The van der Waals surface area contributed by atoms with Gasteiger partial charge in [-0.1, -0.05) is 13.3 Å². The smallest absolute Gasteiger partial charge is 0.312 e. The van der Waals surface area contributed by atoms with Gasteiger partial charge in [0, 0.05) is 0 Å². The summed E-state index contributed by atoms with van der Waals surface area (Å²) in [6.07, 6.45) is 3.72. The van der Waals surface area contributed by atoms with E-state index in [9.17, 15) is 4.79 Å². The maximum absolute atomic E-state index is 12.3. The van der Waals surface area contributed by atoms with Crippen molar-refractivity contribution in [1.29, 1.82) is 0 Å². The zero-order valence-electron chi connectivity index (χ0n) is 12.9. The van der Waals surface area contributed by atoms with Crippen molar-refractivity contribution in [3.63, 3.8) is 0 Å². The fourth-order valence-corrected chi connectivity index (χ4v) is 2.58. The standard InChI is InChI=1S/C15H29NO3/c1-5-6-15(7-9-16-10-8-15)13(17)18-11-12-19-14(2,3)4/h16H,5-12H2,1-4H3. The van der Waals surface area contributed by atoms with E-state index in [-0.39, 0.29) is 17.0 Å². The van der Waals surface area contributed by atoms with Crippen LogP contribution in [-0.4, -0.2) is 37.9 Å². The molecular weight excluding hydrogens is 242 g/mol. The predicted molar refractivity (Wildman–Crippen MR) is 76.1 cm³/mol. The number of carbonyl (C=O) groups excluding carboxylic acids is 1. The van der Waals surface area contributed by atoms with E-state index in [0.29, 0.717) is 13.2 Å². The van der Waals surface area contributed by atoms with Crippen LogP contribution in [0.5, 0.6) is 0 Å². The van der Waals surface area contributed by atoms with Crippen LogP contribution in [0.2, 0.25) is 0 Å². The quantitative estimate of drug-likeness (QED) is 0.595. The third-order valence-corrected chi connectivity index (χ3v) is 3.57. The highest BCUT2D eigenvalue weighted by atomic mass is 16.6. The van der Waals surface area contributed by atoms with Gasteiger partial charge in [0.05, 0.1) is 17.6 Å². The number of hydrogen-bond acceptors (Lipinski definition) is 4. The van der Waals surface area contributed by atoms with Gasteiger partial charge in [-0.2, -0.15) is 0 Å². The summed E-state index contributed by atoms with van der Waals surface area (Å²) in [7, 11) is 0. The monoisotopic (exact) mass is 271 g/mol. The summed E-state index contributed by atoms with van der Waals surface area (Å²) in [5, 5.41) is 3.31. The van der Waals surface area contributed by atoms with Crippen molar-refractivity contribution in [2.75, 3.05) is 26.3 Å². The summed E-state index contributed by atoms with van der Waals surface area (Å²) >= 11 is 0. The molecule has 1 aliphatic heterocycles. The molecule has 1 saturated heterocycles. The van der Waals surface area contributed by atoms with E-state index in [4.69, 9.17) is 9.47 Å². The first-order chi connectivity index (χ1) is 8.90. The van der Waals surface area contributed by atoms with Gasteiger partial charge in [-0.25, -0.2) is 0 Å². The first-order valence-corrected chi connectivity index (χ1v) is 7.41. The molecule has 0 amide bonds. The number of nitrogens with one attached hydrogen (secondary N) is 1. The molecule has 0 aromatic carbocycles. The molecule has 1 N–H and O–H groups in total. The Kier molecular flexibility index (Phi) is 6.27. The van der Waals surface area contributed by atoms with Crippen molar-refractivity contribution in [2.24, 2.45) is 5.41 Å². The summed E-state index contributed by atoms with van der Waals surface area (Å²) in [5.74, 6) is -0.0339. The minimum Gasteiger partial charge on any atom is -0.463 e. The molecule has 0 atom stereocenters. The highest BCUT2D eigenvalue weighted by Gasteiger charge is 2.39. The minimum atomic E-state index is -0.262. The van der Waals surface area contributed by atoms with Gasteiger partial charge in [-0.3, -0.25) is 4.79 Å². The van der Waals surface area contributed by atoms with Crippen LogP contribution in [0.3, 0.4) is 0 Å². The van der Waals surface area contributed by atoms with Crippen LogP contribution in [0.25, 0.3) is 0 Å². The average molecular weight is 271 g/mol. The van der Waals surface area contributed by atoms with E-state index in [1.54, 1.807) is 0 Å². The third kappa shape index (κ3) is 5.49. The van der Waals surface area contributed by atoms with Crippen LogP contribution in [0.4, 0.5) is 0 Å². The Bertz CT molecular complexity index is 272. The van der Waals surface area contributed by atoms with E-state index in [0.717, 1.165) is 38.8 Å². The molecule has 0 spiro atoms. The van der Waals surface area contributed by atoms with Crippen LogP contribution in [0.15, 0.2) is 0 Å². The van der Waals surface area contributed by atoms with Crippen molar-refractivity contribution in [2.45, 2.75) is 59.0 Å². The Morgan fingerprint density at radius 3 is 2.37 bits per heavy atom. The number of esters is 1. The van der Waals surface area contributed by atoms with Gasteiger partial charge in [0.25, 0.3) is 0 Å². The molecule has 0 bridgehead atoms. The molecule has 1 fully saturated rings. The molecule has 112 valence electrons. The van der Waals surface area contributed by atoms with Gasteiger partial charge in [0.15, 0.2) is 0 Å². The molecule has 0 aromatic rings. The zero-order valence-corrected chi connectivity index (χ0v) is 12.9. The van der Waals surface area contributed by atoms with Crippen LogP contribution >= 0.6 is 0 Å². The van der Waals surface area contributed by atoms with Crippen molar-refractivity contribution < 1.29 is 14.3 Å². The molecule has 0 unspecified atom stereocenters. The fraction of sp³-hybridized carbons (Fsp3) is 0.933. The Hall–Kier alpha value is -0.610. The van der Waals surface area contributed by atoms with Crippen LogP contribution in [-0.2, 0) is 14.3 Å². The van der Waals surface area contributed by atoms with Crippen molar-refractivity contribution >= 4 is 5.97 Å². The lowest BCUT2D eigenvalue weighted by Crippen LogP contribution is -2.43. The fourth-order valence-electron chi connectivity index (χ4n) is 2.58. The Labute approximate surface area is 117 Å². The Morgan fingerprint density at radius 2 is 1.84 bits per heavy atom. The molecular formula is C15H29NO3. The van der Waals surface area contributed by atoms with E-state index in [1.807, 2.05) is 20.8 Å². The van der Waals surface area contributed by atoms with Crippen molar-refractivity contribution in [3.8, 4) is 0 Å². The number of carbonyl (C=O) groups is 1. The molecule has 1 rings (SSSR count). The molecule has 1 heterocycles. The molecule has 0 aliphatic carbocycles. The highest BCUT2D eigenvalue weighted by molar-refractivity contribution is 5.77. The summed E-state index contributed by atoms with van der Waals surface area (Å²) in [6, 6.07) is 0. The number of ether oxygens (including phenoxy) is 2. The second-order valence-corrected chi connectivity index (χ2v) is 6.38. The predicted octanol–water partition coefficient (Wildman–Crippen LogP) is 2.51. The normalized spacial score (nSPS) is 19.2. The lowest BCUT2D eigenvalue weighted by Gasteiger charge is -2.35. The summed E-state index contributed by atoms with van der Waals surface area (Å²) in [4.78, 5) is 12.3. The first-order valence-electron chi connectivity index (χ1n) is 7.41. The molecule has 4 nitrogen and oxygen atoms in total. The molecule has 0 aromatic heterocycles. The van der Waals surface area contributed by atoms with Gasteiger partial charge in [-0.15, -0.1) is 0 Å².